The second-order valence-corrected chi connectivity index (χ2v) is 8.18. The lowest BCUT2D eigenvalue weighted by Crippen LogP contribution is -2.42. The van der Waals surface area contributed by atoms with E-state index in [0.29, 0.717) is 24.2 Å². The van der Waals surface area contributed by atoms with Gasteiger partial charge in [-0.15, -0.1) is 0 Å². The van der Waals surface area contributed by atoms with Gasteiger partial charge in [-0.25, -0.2) is 4.98 Å². The number of rotatable bonds is 7. The average molecular weight is 434 g/mol. The molecule has 8 nitrogen and oxygen atoms in total. The number of nitrogens with one attached hydrogen (secondary N) is 3. The number of benzene rings is 2. The summed E-state index contributed by atoms with van der Waals surface area (Å²) < 4.78 is 2.19. The van der Waals surface area contributed by atoms with E-state index in [2.05, 4.69) is 40.4 Å². The summed E-state index contributed by atoms with van der Waals surface area (Å²) in [5.41, 5.74) is 2.93. The molecule has 3 aromatic rings. The highest BCUT2D eigenvalue weighted by Crippen LogP contribution is 2.21. The summed E-state index contributed by atoms with van der Waals surface area (Å²) >= 11 is 0. The molecule has 0 fully saturated rings. The Hall–Kier alpha value is -3.68. The Bertz CT molecular complexity index is 1170. The lowest BCUT2D eigenvalue weighted by atomic mass is 10.1. The molecule has 0 bridgehead atoms. The van der Waals surface area contributed by atoms with Crippen LogP contribution in [0.4, 0.5) is 5.69 Å². The summed E-state index contributed by atoms with van der Waals surface area (Å²) in [5.74, 6) is 0.120. The molecule has 1 aliphatic rings. The number of imidazole rings is 1. The molecule has 0 saturated heterocycles. The van der Waals surface area contributed by atoms with E-state index in [1.165, 1.54) is 0 Å². The molecule has 1 aromatic heterocycles. The SMILES string of the molecule is CC(C)n1c(CCNC(=O)CCC2NC(=O)c3ccccc3NC2=O)nc2ccccc21. The zero-order valence-corrected chi connectivity index (χ0v) is 18.2. The molecule has 0 saturated carbocycles. The van der Waals surface area contributed by atoms with Gasteiger partial charge in [0.1, 0.15) is 11.9 Å². The maximum absolute atomic E-state index is 12.5. The predicted octanol–water partition coefficient (Wildman–Crippen LogP) is 2.81. The number of fused-ring (bicyclic) bond motifs is 2. The second kappa shape index (κ2) is 9.21. The van der Waals surface area contributed by atoms with Gasteiger partial charge in [0.15, 0.2) is 0 Å². The highest BCUT2D eigenvalue weighted by atomic mass is 16.2. The molecule has 166 valence electrons. The summed E-state index contributed by atoms with van der Waals surface area (Å²) in [4.78, 5) is 41.9. The minimum absolute atomic E-state index is 0.134. The number of aromatic nitrogens is 2. The highest BCUT2D eigenvalue weighted by Gasteiger charge is 2.27. The number of carbonyl (C=O) groups excluding carboxylic acids is 3. The molecule has 3 amide bonds. The van der Waals surface area contributed by atoms with Crippen molar-refractivity contribution in [2.45, 2.75) is 45.2 Å². The van der Waals surface area contributed by atoms with Gasteiger partial charge in [0.05, 0.1) is 22.3 Å². The first-order chi connectivity index (χ1) is 15.4. The van der Waals surface area contributed by atoms with Gasteiger partial charge < -0.3 is 20.5 Å². The van der Waals surface area contributed by atoms with Gasteiger partial charge in [0.25, 0.3) is 5.91 Å². The van der Waals surface area contributed by atoms with E-state index < -0.39 is 6.04 Å². The molecule has 3 N–H and O–H groups in total. The van der Waals surface area contributed by atoms with Crippen LogP contribution in [0.3, 0.4) is 0 Å². The van der Waals surface area contributed by atoms with Gasteiger partial charge in [-0.3, -0.25) is 14.4 Å². The Balaban J connectivity index is 1.31. The third-order valence-electron chi connectivity index (χ3n) is 5.57. The smallest absolute Gasteiger partial charge is 0.254 e. The number of para-hydroxylation sites is 3. The van der Waals surface area contributed by atoms with E-state index in [9.17, 15) is 14.4 Å². The van der Waals surface area contributed by atoms with E-state index in [4.69, 9.17) is 4.98 Å². The largest absolute Gasteiger partial charge is 0.356 e. The van der Waals surface area contributed by atoms with Gasteiger partial charge in [-0.1, -0.05) is 24.3 Å². The summed E-state index contributed by atoms with van der Waals surface area (Å²) in [6.45, 7) is 4.67. The molecule has 0 spiro atoms. The monoisotopic (exact) mass is 433 g/mol. The maximum Gasteiger partial charge on any atom is 0.254 e. The van der Waals surface area contributed by atoms with Gasteiger partial charge in [-0.2, -0.15) is 0 Å². The zero-order valence-electron chi connectivity index (χ0n) is 18.2. The molecule has 8 heteroatoms. The van der Waals surface area contributed by atoms with Crippen molar-refractivity contribution in [1.82, 2.24) is 20.2 Å². The molecule has 0 radical (unpaired) electrons. The average Bonchev–Trinajstić information content (AvgIpc) is 3.09. The standard InChI is InChI=1S/C24H27N5O3/c1-15(2)29-20-10-6-5-9-18(20)26-21(29)13-14-25-22(30)12-11-19-24(32)27-17-8-4-3-7-16(17)23(31)28-19/h3-10,15,19H,11-14H2,1-2H3,(H,25,30)(H,27,32)(H,28,31). The lowest BCUT2D eigenvalue weighted by Gasteiger charge is -2.15. The highest BCUT2D eigenvalue weighted by molar-refractivity contribution is 6.09. The first kappa shape index (κ1) is 21.5. The van der Waals surface area contributed by atoms with E-state index in [0.717, 1.165) is 16.9 Å². The Morgan fingerprint density at radius 3 is 2.69 bits per heavy atom. The number of amides is 3. The Morgan fingerprint density at radius 2 is 1.88 bits per heavy atom. The first-order valence-electron chi connectivity index (χ1n) is 10.9. The van der Waals surface area contributed by atoms with E-state index in [-0.39, 0.29) is 36.6 Å². The van der Waals surface area contributed by atoms with Crippen molar-refractivity contribution in [3.63, 3.8) is 0 Å². The number of nitrogens with zero attached hydrogens (tertiary/aromatic N) is 2. The fraction of sp³-hybridized carbons (Fsp3) is 0.333. The zero-order chi connectivity index (χ0) is 22.7. The minimum atomic E-state index is -0.759. The number of anilines is 1. The van der Waals surface area contributed by atoms with Gasteiger partial charge >= 0.3 is 0 Å². The molecule has 0 aliphatic carbocycles. The van der Waals surface area contributed by atoms with Gasteiger partial charge in [0.2, 0.25) is 11.8 Å². The van der Waals surface area contributed by atoms with Crippen LogP contribution >= 0.6 is 0 Å². The molecule has 1 atom stereocenters. The molecule has 1 unspecified atom stereocenters. The number of carbonyl (C=O) groups is 3. The van der Waals surface area contributed by atoms with Gasteiger partial charge in [-0.05, 0) is 44.5 Å². The van der Waals surface area contributed by atoms with Crippen molar-refractivity contribution in [3.8, 4) is 0 Å². The quantitative estimate of drug-likeness (QED) is 0.533. The summed E-state index contributed by atoms with van der Waals surface area (Å²) in [6.07, 6.45) is 0.964. The van der Waals surface area contributed by atoms with Crippen LogP contribution in [0.25, 0.3) is 11.0 Å². The van der Waals surface area contributed by atoms with Gasteiger partial charge in [0, 0.05) is 25.4 Å². The van der Waals surface area contributed by atoms with Crippen LogP contribution in [0.5, 0.6) is 0 Å². The third-order valence-corrected chi connectivity index (χ3v) is 5.57. The van der Waals surface area contributed by atoms with Crippen LogP contribution < -0.4 is 16.0 Å². The van der Waals surface area contributed by atoms with Crippen molar-refractivity contribution >= 4 is 34.4 Å². The lowest BCUT2D eigenvalue weighted by molar-refractivity contribution is -0.121. The van der Waals surface area contributed by atoms with Crippen LogP contribution in [-0.2, 0) is 16.0 Å². The maximum atomic E-state index is 12.5. The minimum Gasteiger partial charge on any atom is -0.356 e. The fourth-order valence-corrected chi connectivity index (χ4v) is 4.04. The first-order valence-corrected chi connectivity index (χ1v) is 10.9. The molecule has 32 heavy (non-hydrogen) atoms. The van der Waals surface area contributed by atoms with Crippen LogP contribution in [0.15, 0.2) is 48.5 Å². The van der Waals surface area contributed by atoms with Crippen LogP contribution in [0, 0.1) is 0 Å². The van der Waals surface area contributed by atoms with E-state index in [1.807, 2.05) is 18.2 Å². The summed E-state index contributed by atoms with van der Waals surface area (Å²) in [6, 6.07) is 14.3. The molecular weight excluding hydrogens is 406 g/mol. The van der Waals surface area contributed by atoms with Crippen molar-refractivity contribution in [3.05, 3.63) is 59.9 Å². The molecule has 4 rings (SSSR count). The molecule has 1 aliphatic heterocycles. The van der Waals surface area contributed by atoms with Crippen LogP contribution in [0.2, 0.25) is 0 Å². The van der Waals surface area contributed by atoms with E-state index in [1.54, 1.807) is 24.3 Å². The summed E-state index contributed by atoms with van der Waals surface area (Å²) in [7, 11) is 0. The van der Waals surface area contributed by atoms with E-state index >= 15 is 0 Å². The topological polar surface area (TPSA) is 105 Å². The Labute approximate surface area is 186 Å². The second-order valence-electron chi connectivity index (χ2n) is 8.18. The van der Waals surface area contributed by atoms with Crippen LogP contribution in [-0.4, -0.2) is 39.9 Å². The Morgan fingerprint density at radius 1 is 1.12 bits per heavy atom. The van der Waals surface area contributed by atoms with Crippen molar-refractivity contribution in [1.29, 1.82) is 0 Å². The van der Waals surface area contributed by atoms with Crippen molar-refractivity contribution in [2.24, 2.45) is 0 Å². The van der Waals surface area contributed by atoms with Crippen LogP contribution in [0.1, 0.15) is 48.9 Å². The molecular formula is C24H27N5O3. The Kier molecular flexibility index (Phi) is 6.20. The number of hydrogen-bond donors (Lipinski definition) is 3. The number of hydrogen-bond acceptors (Lipinski definition) is 4. The molecule has 2 heterocycles. The summed E-state index contributed by atoms with van der Waals surface area (Å²) in [5, 5.41) is 8.37. The third kappa shape index (κ3) is 4.49. The van der Waals surface area contributed by atoms with Crippen molar-refractivity contribution in [2.75, 3.05) is 11.9 Å². The predicted molar refractivity (Wildman–Crippen MR) is 122 cm³/mol. The fourth-order valence-electron chi connectivity index (χ4n) is 4.04. The molecule has 2 aromatic carbocycles. The normalized spacial score (nSPS) is 15.8. The van der Waals surface area contributed by atoms with Crippen molar-refractivity contribution < 1.29 is 14.4 Å².